The van der Waals surface area contributed by atoms with Gasteiger partial charge in [0, 0.05) is 0 Å². The van der Waals surface area contributed by atoms with Gasteiger partial charge in [0.1, 0.15) is 0 Å². The summed E-state index contributed by atoms with van der Waals surface area (Å²) >= 11 is 0. The summed E-state index contributed by atoms with van der Waals surface area (Å²) in [5.74, 6) is 0. The minimum atomic E-state index is 0.278. The molecule has 0 bridgehead atoms. The zero-order valence-electron chi connectivity index (χ0n) is 11.5. The van der Waals surface area contributed by atoms with Crippen LogP contribution in [0.15, 0.2) is 12.1 Å². The van der Waals surface area contributed by atoms with Gasteiger partial charge in [0.25, 0.3) is 0 Å². The van der Waals surface area contributed by atoms with E-state index in [0.29, 0.717) is 0 Å². The Bertz CT molecular complexity index is 290. The largest absolute Gasteiger partial charge is 0.155 e. The van der Waals surface area contributed by atoms with E-state index in [1.807, 2.05) is 0 Å². The molecule has 0 atom stereocenters. The van der Waals surface area contributed by atoms with Gasteiger partial charge in [0.15, 0.2) is 0 Å². The van der Waals surface area contributed by atoms with Crippen molar-refractivity contribution in [1.82, 2.24) is 10.2 Å². The van der Waals surface area contributed by atoms with Gasteiger partial charge in [-0.1, -0.05) is 41.5 Å². The fourth-order valence-corrected chi connectivity index (χ4v) is 1.66. The molecule has 0 unspecified atom stereocenters. The van der Waals surface area contributed by atoms with Crippen LogP contribution < -0.4 is 0 Å². The zero-order valence-corrected chi connectivity index (χ0v) is 11.5. The first-order valence-electron chi connectivity index (χ1n) is 5.97. The van der Waals surface area contributed by atoms with Crippen LogP contribution in [0.25, 0.3) is 0 Å². The van der Waals surface area contributed by atoms with Gasteiger partial charge in [-0.3, -0.25) is 0 Å². The molecule has 0 radical (unpaired) electrons. The summed E-state index contributed by atoms with van der Waals surface area (Å²) in [5, 5.41) is 8.60. The highest BCUT2D eigenvalue weighted by molar-refractivity contribution is 5.09. The van der Waals surface area contributed by atoms with E-state index in [4.69, 9.17) is 0 Å². The van der Waals surface area contributed by atoms with Gasteiger partial charge in [-0.25, -0.2) is 0 Å². The van der Waals surface area contributed by atoms with Crippen LogP contribution in [0.5, 0.6) is 0 Å². The third-order valence-electron chi connectivity index (χ3n) is 2.20. The van der Waals surface area contributed by atoms with Crippen LogP contribution in [0.4, 0.5) is 0 Å². The van der Waals surface area contributed by atoms with Crippen molar-refractivity contribution in [2.45, 2.75) is 54.4 Å². The smallest absolute Gasteiger partial charge is 0.0636 e. The van der Waals surface area contributed by atoms with Crippen LogP contribution >= 0.6 is 0 Å². The Balaban J connectivity index is 2.69. The van der Waals surface area contributed by atoms with Crippen LogP contribution in [0.1, 0.15) is 52.9 Å². The highest BCUT2D eigenvalue weighted by atomic mass is 15.1. The van der Waals surface area contributed by atoms with Gasteiger partial charge in [0.05, 0.1) is 11.4 Å². The summed E-state index contributed by atoms with van der Waals surface area (Å²) < 4.78 is 0. The molecule has 0 amide bonds. The van der Waals surface area contributed by atoms with Crippen LogP contribution in [0, 0.1) is 10.8 Å². The van der Waals surface area contributed by atoms with Crippen molar-refractivity contribution in [1.29, 1.82) is 0 Å². The van der Waals surface area contributed by atoms with Crippen LogP contribution in [0.2, 0.25) is 0 Å². The fraction of sp³-hybridized carbons (Fsp3) is 0.714. The number of hydrogen-bond donors (Lipinski definition) is 0. The molecule has 0 saturated heterocycles. The van der Waals surface area contributed by atoms with E-state index in [2.05, 4.69) is 63.9 Å². The lowest BCUT2D eigenvalue weighted by Gasteiger charge is -2.18. The second-order valence-corrected chi connectivity index (χ2v) is 6.99. The van der Waals surface area contributed by atoms with E-state index < -0.39 is 0 Å². The second kappa shape index (κ2) is 4.52. The van der Waals surface area contributed by atoms with Crippen molar-refractivity contribution in [2.75, 3.05) is 0 Å². The Hall–Kier alpha value is -0.920. The Labute approximate surface area is 99.5 Å². The average molecular weight is 220 g/mol. The van der Waals surface area contributed by atoms with Crippen molar-refractivity contribution in [3.05, 3.63) is 23.5 Å². The molecule has 1 aromatic rings. The molecule has 0 spiro atoms. The first-order valence-corrected chi connectivity index (χ1v) is 5.97. The fourth-order valence-electron chi connectivity index (χ4n) is 1.66. The summed E-state index contributed by atoms with van der Waals surface area (Å²) in [7, 11) is 0. The van der Waals surface area contributed by atoms with Gasteiger partial charge in [-0.2, -0.15) is 10.2 Å². The Morgan fingerprint density at radius 1 is 0.750 bits per heavy atom. The minimum absolute atomic E-state index is 0.278. The molecule has 0 aliphatic rings. The SMILES string of the molecule is CC(C)(C)Cc1ccc(CC(C)(C)C)nn1. The summed E-state index contributed by atoms with van der Waals surface area (Å²) in [6, 6.07) is 4.22. The third kappa shape index (κ3) is 5.24. The van der Waals surface area contributed by atoms with Crippen molar-refractivity contribution < 1.29 is 0 Å². The molecule has 1 aromatic heterocycles. The Kier molecular flexibility index (Phi) is 3.72. The molecule has 16 heavy (non-hydrogen) atoms. The third-order valence-corrected chi connectivity index (χ3v) is 2.20. The van der Waals surface area contributed by atoms with E-state index in [1.165, 1.54) is 0 Å². The van der Waals surface area contributed by atoms with Crippen molar-refractivity contribution in [3.8, 4) is 0 Å². The van der Waals surface area contributed by atoms with Gasteiger partial charge in [-0.15, -0.1) is 0 Å². The number of aromatic nitrogens is 2. The van der Waals surface area contributed by atoms with Crippen molar-refractivity contribution in [3.63, 3.8) is 0 Å². The number of rotatable bonds is 2. The first-order chi connectivity index (χ1) is 7.16. The summed E-state index contributed by atoms with van der Waals surface area (Å²) in [5.41, 5.74) is 2.73. The van der Waals surface area contributed by atoms with Gasteiger partial charge in [0.2, 0.25) is 0 Å². The molecule has 0 saturated carbocycles. The maximum atomic E-state index is 4.30. The number of hydrogen-bond acceptors (Lipinski definition) is 2. The monoisotopic (exact) mass is 220 g/mol. The quantitative estimate of drug-likeness (QED) is 0.760. The van der Waals surface area contributed by atoms with E-state index >= 15 is 0 Å². The van der Waals surface area contributed by atoms with E-state index in [9.17, 15) is 0 Å². The highest BCUT2D eigenvalue weighted by Gasteiger charge is 2.15. The summed E-state index contributed by atoms with van der Waals surface area (Å²) in [6.45, 7) is 13.3. The topological polar surface area (TPSA) is 25.8 Å². The first kappa shape index (κ1) is 13.1. The molecule has 0 aromatic carbocycles. The molecular weight excluding hydrogens is 196 g/mol. The van der Waals surface area contributed by atoms with Crippen molar-refractivity contribution >= 4 is 0 Å². The molecular formula is C14H24N2. The van der Waals surface area contributed by atoms with Gasteiger partial charge < -0.3 is 0 Å². The molecule has 1 heterocycles. The predicted molar refractivity (Wildman–Crippen MR) is 68.4 cm³/mol. The molecule has 90 valence electrons. The standard InChI is InChI=1S/C14H24N2/c1-13(2,3)9-11-7-8-12(16-15-11)10-14(4,5)6/h7-8H,9-10H2,1-6H3. The van der Waals surface area contributed by atoms with Gasteiger partial charge >= 0.3 is 0 Å². The van der Waals surface area contributed by atoms with Crippen LogP contribution in [-0.2, 0) is 12.8 Å². The van der Waals surface area contributed by atoms with E-state index in [-0.39, 0.29) is 10.8 Å². The zero-order chi connectivity index (χ0) is 12.4. The van der Waals surface area contributed by atoms with Crippen LogP contribution in [-0.4, -0.2) is 10.2 Å². The van der Waals surface area contributed by atoms with Crippen LogP contribution in [0.3, 0.4) is 0 Å². The van der Waals surface area contributed by atoms with E-state index in [0.717, 1.165) is 24.2 Å². The number of nitrogens with zero attached hydrogens (tertiary/aromatic N) is 2. The maximum absolute atomic E-state index is 4.30. The minimum Gasteiger partial charge on any atom is -0.155 e. The molecule has 0 aliphatic carbocycles. The predicted octanol–water partition coefficient (Wildman–Crippen LogP) is 3.65. The molecule has 2 heteroatoms. The lowest BCUT2D eigenvalue weighted by Crippen LogP contribution is -2.14. The molecule has 2 nitrogen and oxygen atoms in total. The lowest BCUT2D eigenvalue weighted by molar-refractivity contribution is 0.396. The Morgan fingerprint density at radius 2 is 1.06 bits per heavy atom. The molecule has 1 rings (SSSR count). The van der Waals surface area contributed by atoms with E-state index in [1.54, 1.807) is 0 Å². The second-order valence-electron chi connectivity index (χ2n) is 6.99. The van der Waals surface area contributed by atoms with Gasteiger partial charge in [-0.05, 0) is 35.8 Å². The average Bonchev–Trinajstić information content (AvgIpc) is 2.03. The Morgan fingerprint density at radius 3 is 1.25 bits per heavy atom. The highest BCUT2D eigenvalue weighted by Crippen LogP contribution is 2.21. The summed E-state index contributed by atoms with van der Waals surface area (Å²) in [6.07, 6.45) is 1.96. The summed E-state index contributed by atoms with van der Waals surface area (Å²) in [4.78, 5) is 0. The normalized spacial score (nSPS) is 12.9. The molecule has 0 aliphatic heterocycles. The molecule has 0 N–H and O–H groups in total. The van der Waals surface area contributed by atoms with Crippen molar-refractivity contribution in [2.24, 2.45) is 10.8 Å². The lowest BCUT2D eigenvalue weighted by atomic mass is 9.89. The molecule has 0 fully saturated rings. The maximum Gasteiger partial charge on any atom is 0.0636 e.